The van der Waals surface area contributed by atoms with Gasteiger partial charge in [0.2, 0.25) is 6.10 Å². The van der Waals surface area contributed by atoms with Crippen molar-refractivity contribution in [2.45, 2.75) is 104 Å². The zero-order valence-electron chi connectivity index (χ0n) is 22.4. The molecule has 0 aromatic heterocycles. The summed E-state index contributed by atoms with van der Waals surface area (Å²) >= 11 is 0. The van der Waals surface area contributed by atoms with Gasteiger partial charge in [-0.15, -0.1) is 0 Å². The van der Waals surface area contributed by atoms with Crippen LogP contribution in [0, 0.1) is 33.5 Å². The molecular formula is C27H36O10. The molecule has 0 aromatic rings. The number of hydrogen-bond donors (Lipinski definition) is 1. The summed E-state index contributed by atoms with van der Waals surface area (Å²) in [7, 11) is 0. The fourth-order valence-corrected chi connectivity index (χ4v) is 9.38. The normalized spacial score (nSPS) is 49.3. The first-order chi connectivity index (χ1) is 17.0. The second kappa shape index (κ2) is 7.55. The number of carboxylic acids is 1. The molecule has 0 amide bonds. The van der Waals surface area contributed by atoms with Crippen molar-refractivity contribution in [3.63, 3.8) is 0 Å². The van der Waals surface area contributed by atoms with Gasteiger partial charge in [0.05, 0.1) is 5.41 Å². The Kier molecular flexibility index (Phi) is 5.33. The summed E-state index contributed by atoms with van der Waals surface area (Å²) in [4.78, 5) is 63.6. The average molecular weight is 521 g/mol. The van der Waals surface area contributed by atoms with Crippen LogP contribution in [-0.2, 0) is 42.9 Å². The summed E-state index contributed by atoms with van der Waals surface area (Å²) in [6.07, 6.45) is -2.52. The zero-order valence-corrected chi connectivity index (χ0v) is 22.4. The smallest absolute Gasteiger partial charge is 0.345 e. The van der Waals surface area contributed by atoms with Crippen molar-refractivity contribution in [2.24, 2.45) is 33.5 Å². The lowest BCUT2D eigenvalue weighted by molar-refractivity contribution is -0.259. The molecule has 0 aromatic carbocycles. The minimum Gasteiger partial charge on any atom is -0.478 e. The first kappa shape index (κ1) is 26.1. The van der Waals surface area contributed by atoms with Crippen LogP contribution in [0.3, 0.4) is 0 Å². The van der Waals surface area contributed by atoms with Crippen LogP contribution in [0.5, 0.6) is 0 Å². The number of hydrogen-bond acceptors (Lipinski definition) is 9. The zero-order chi connectivity index (χ0) is 27.5. The Morgan fingerprint density at radius 1 is 0.946 bits per heavy atom. The molecule has 2 saturated heterocycles. The standard InChI is InChI=1S/C27H36O10/c1-12(28)34-17-11-18(35-13(2)29)25(6)14-8-9-24(5)19(21(31)32)36-22(33)20-27(24,37-20)26(14,7)16(30)10-15(25)23(17,3)4/h14-15,17-20H,8-11H2,1-7H3,(H,31,32)/t14-,15+,17+,18-,19-,20+,24-,25+,26-,27+/m0/s1. The largest absolute Gasteiger partial charge is 0.478 e. The number of carbonyl (C=O) groups is 5. The number of rotatable bonds is 3. The molecule has 5 rings (SSSR count). The highest BCUT2D eigenvalue weighted by Crippen LogP contribution is 2.78. The number of ether oxygens (including phenoxy) is 4. The van der Waals surface area contributed by atoms with Crippen molar-refractivity contribution < 1.29 is 48.0 Å². The Bertz CT molecular complexity index is 1110. The van der Waals surface area contributed by atoms with E-state index >= 15 is 0 Å². The van der Waals surface area contributed by atoms with Crippen molar-refractivity contribution in [2.75, 3.05) is 0 Å². The maximum atomic E-state index is 14.3. The molecule has 10 nitrogen and oxygen atoms in total. The summed E-state index contributed by atoms with van der Waals surface area (Å²) in [5.41, 5.74) is -5.01. The number of Topliss-reactive ketones (excluding diaryl/α,β-unsaturated/α-hetero) is 1. The van der Waals surface area contributed by atoms with Crippen LogP contribution in [0.1, 0.15) is 74.1 Å². The second-order valence-electron chi connectivity index (χ2n) is 12.9. The van der Waals surface area contributed by atoms with Crippen LogP contribution < -0.4 is 0 Å². The fourth-order valence-electron chi connectivity index (χ4n) is 9.38. The molecule has 1 N–H and O–H groups in total. The summed E-state index contributed by atoms with van der Waals surface area (Å²) in [5.74, 6) is -3.76. The number of fused-ring (bicyclic) bond motifs is 3. The predicted molar refractivity (Wildman–Crippen MR) is 125 cm³/mol. The van der Waals surface area contributed by atoms with Crippen LogP contribution >= 0.6 is 0 Å². The Hall–Kier alpha value is -2.49. The van der Waals surface area contributed by atoms with Gasteiger partial charge in [-0.2, -0.15) is 0 Å². The Morgan fingerprint density at radius 3 is 2.11 bits per heavy atom. The molecule has 2 heterocycles. The van der Waals surface area contributed by atoms with Crippen LogP contribution in [-0.4, -0.2) is 64.8 Å². The lowest BCUT2D eigenvalue weighted by Crippen LogP contribution is -2.75. The molecule has 10 heteroatoms. The number of carboxylic acid groups (broad SMARTS) is 1. The summed E-state index contributed by atoms with van der Waals surface area (Å²) in [6, 6.07) is 0. The van der Waals surface area contributed by atoms with Crippen molar-refractivity contribution in [3.8, 4) is 0 Å². The van der Waals surface area contributed by atoms with Gasteiger partial charge in [0.25, 0.3) is 0 Å². The Balaban J connectivity index is 1.67. The predicted octanol–water partition coefficient (Wildman–Crippen LogP) is 2.45. The van der Waals surface area contributed by atoms with E-state index in [1.54, 1.807) is 13.8 Å². The monoisotopic (exact) mass is 520 g/mol. The molecule has 37 heavy (non-hydrogen) atoms. The lowest BCUT2D eigenvalue weighted by Gasteiger charge is -2.69. The summed E-state index contributed by atoms with van der Waals surface area (Å²) < 4.78 is 23.1. The van der Waals surface area contributed by atoms with Gasteiger partial charge in [0.15, 0.2) is 6.10 Å². The molecule has 0 bridgehead atoms. The van der Waals surface area contributed by atoms with E-state index in [1.807, 2.05) is 20.8 Å². The van der Waals surface area contributed by atoms with E-state index in [9.17, 15) is 29.1 Å². The maximum Gasteiger partial charge on any atom is 0.345 e. The van der Waals surface area contributed by atoms with E-state index in [-0.39, 0.29) is 30.5 Å². The maximum absolute atomic E-state index is 14.3. The number of carbonyl (C=O) groups excluding carboxylic acids is 4. The molecule has 0 radical (unpaired) electrons. The van der Waals surface area contributed by atoms with Gasteiger partial charge in [-0.05, 0) is 31.6 Å². The van der Waals surface area contributed by atoms with E-state index in [0.29, 0.717) is 12.8 Å². The average Bonchev–Trinajstić information content (AvgIpc) is 3.54. The molecule has 3 saturated carbocycles. The number of esters is 3. The molecule has 10 atom stereocenters. The summed E-state index contributed by atoms with van der Waals surface area (Å²) in [6.45, 7) is 12.2. The molecule has 1 spiro atoms. The van der Waals surface area contributed by atoms with Gasteiger partial charge in [0, 0.05) is 42.9 Å². The third kappa shape index (κ3) is 2.93. The van der Waals surface area contributed by atoms with Crippen LogP contribution in [0.15, 0.2) is 0 Å². The molecular weight excluding hydrogens is 484 g/mol. The van der Waals surface area contributed by atoms with Crippen molar-refractivity contribution in [1.82, 2.24) is 0 Å². The lowest BCUT2D eigenvalue weighted by atomic mass is 9.34. The van der Waals surface area contributed by atoms with E-state index in [2.05, 4.69) is 0 Å². The summed E-state index contributed by atoms with van der Waals surface area (Å²) in [5, 5.41) is 9.97. The van der Waals surface area contributed by atoms with E-state index in [1.165, 1.54) is 13.8 Å². The van der Waals surface area contributed by atoms with Gasteiger partial charge in [-0.3, -0.25) is 14.4 Å². The number of ketones is 1. The van der Waals surface area contributed by atoms with E-state index < -0.39 is 75.6 Å². The van der Waals surface area contributed by atoms with Crippen LogP contribution in [0.25, 0.3) is 0 Å². The second-order valence-corrected chi connectivity index (χ2v) is 12.9. The highest BCUT2D eigenvalue weighted by atomic mass is 16.7. The minimum absolute atomic E-state index is 0.0900. The highest BCUT2D eigenvalue weighted by molar-refractivity contribution is 5.95. The Labute approximate surface area is 215 Å². The topological polar surface area (TPSA) is 146 Å². The van der Waals surface area contributed by atoms with Gasteiger partial charge in [-0.25, -0.2) is 9.59 Å². The molecule has 204 valence electrons. The van der Waals surface area contributed by atoms with Gasteiger partial charge in [0.1, 0.15) is 23.6 Å². The molecule has 5 fully saturated rings. The first-order valence-electron chi connectivity index (χ1n) is 13.0. The van der Waals surface area contributed by atoms with Crippen LogP contribution in [0.4, 0.5) is 0 Å². The molecule has 5 aliphatic rings. The Morgan fingerprint density at radius 2 is 1.54 bits per heavy atom. The van der Waals surface area contributed by atoms with Crippen LogP contribution in [0.2, 0.25) is 0 Å². The third-order valence-electron chi connectivity index (χ3n) is 11.1. The van der Waals surface area contributed by atoms with Crippen molar-refractivity contribution >= 4 is 29.7 Å². The highest BCUT2D eigenvalue weighted by Gasteiger charge is 2.89. The number of epoxide rings is 1. The van der Waals surface area contributed by atoms with Gasteiger partial charge < -0.3 is 24.1 Å². The third-order valence-corrected chi connectivity index (χ3v) is 11.1. The van der Waals surface area contributed by atoms with E-state index in [4.69, 9.17) is 18.9 Å². The number of cyclic esters (lactones) is 1. The number of aliphatic carboxylic acids is 1. The van der Waals surface area contributed by atoms with Crippen molar-refractivity contribution in [3.05, 3.63) is 0 Å². The van der Waals surface area contributed by atoms with Crippen molar-refractivity contribution in [1.29, 1.82) is 0 Å². The van der Waals surface area contributed by atoms with Gasteiger partial charge in [-0.1, -0.05) is 27.7 Å². The molecule has 0 unspecified atom stereocenters. The van der Waals surface area contributed by atoms with E-state index in [0.717, 1.165) is 0 Å². The fraction of sp³-hybridized carbons (Fsp3) is 0.815. The molecule has 2 aliphatic heterocycles. The van der Waals surface area contributed by atoms with Gasteiger partial charge >= 0.3 is 23.9 Å². The quantitative estimate of drug-likeness (QED) is 0.334. The minimum atomic E-state index is -1.43. The SMILES string of the molecule is CC(=O)O[C@H]1C[C@@H](OC(C)=O)C(C)(C)[C@H]2CC(=O)[C@]3(C)[C@@H](CC[C@@]4(C)[C@H](C(=O)O)OC(=O)[C@H]5O[C@]543)[C@@]12C. The first-order valence-corrected chi connectivity index (χ1v) is 13.0. The molecule has 3 aliphatic carbocycles.